The van der Waals surface area contributed by atoms with E-state index < -0.39 is 0 Å². The number of amides is 1. The molecule has 1 amide bonds. The molecule has 5 heteroatoms. The quantitative estimate of drug-likeness (QED) is 0.832. The van der Waals surface area contributed by atoms with Crippen molar-refractivity contribution in [2.75, 3.05) is 6.54 Å². The summed E-state index contributed by atoms with van der Waals surface area (Å²) in [5, 5.41) is 1.80. The number of rotatable bonds is 2. The maximum absolute atomic E-state index is 12.4. The summed E-state index contributed by atoms with van der Waals surface area (Å²) < 4.78 is 3.99. The minimum Gasteiger partial charge on any atom is -0.330 e. The molecule has 0 spiro atoms. The average molecular weight is 259 g/mol. The van der Waals surface area contributed by atoms with Gasteiger partial charge in [-0.25, -0.2) is 4.37 Å². The van der Waals surface area contributed by atoms with Crippen molar-refractivity contribution in [1.29, 1.82) is 0 Å². The van der Waals surface area contributed by atoms with Crippen molar-refractivity contribution in [2.24, 2.45) is 0 Å². The van der Waals surface area contributed by atoms with Crippen LogP contribution in [-0.4, -0.2) is 26.7 Å². The Morgan fingerprint density at radius 3 is 3.11 bits per heavy atom. The Morgan fingerprint density at radius 1 is 1.44 bits per heavy atom. The number of hydrogen-bond acceptors (Lipinski definition) is 4. The largest absolute Gasteiger partial charge is 0.330 e. The van der Waals surface area contributed by atoms with Gasteiger partial charge in [-0.15, -0.1) is 0 Å². The molecule has 1 aliphatic heterocycles. The van der Waals surface area contributed by atoms with Crippen molar-refractivity contribution in [2.45, 2.75) is 18.9 Å². The van der Waals surface area contributed by atoms with Gasteiger partial charge in [0.15, 0.2) is 0 Å². The van der Waals surface area contributed by atoms with Crippen molar-refractivity contribution in [3.05, 3.63) is 47.2 Å². The lowest BCUT2D eigenvalue weighted by atomic mass is 10.1. The standard InChI is InChI=1S/C13H13N3OS/c17-13(10-8-15-18-9-10)16-7-3-5-12(16)11-4-1-2-6-14-11/h1-2,4,6,8-9,12H,3,5,7H2. The van der Waals surface area contributed by atoms with E-state index in [-0.39, 0.29) is 11.9 Å². The zero-order chi connectivity index (χ0) is 12.4. The van der Waals surface area contributed by atoms with Crippen LogP contribution in [0.25, 0.3) is 0 Å². The van der Waals surface area contributed by atoms with Crippen molar-refractivity contribution in [3.8, 4) is 0 Å². The van der Waals surface area contributed by atoms with Gasteiger partial charge in [0.25, 0.3) is 5.91 Å². The third-order valence-corrected chi connectivity index (χ3v) is 3.81. The molecule has 0 bridgehead atoms. The third-order valence-electron chi connectivity index (χ3n) is 3.22. The number of pyridine rings is 1. The van der Waals surface area contributed by atoms with E-state index >= 15 is 0 Å². The highest BCUT2D eigenvalue weighted by molar-refractivity contribution is 7.03. The molecule has 0 aliphatic carbocycles. The predicted octanol–water partition coefficient (Wildman–Crippen LogP) is 2.52. The van der Waals surface area contributed by atoms with Crippen LogP contribution in [0.5, 0.6) is 0 Å². The average Bonchev–Trinajstić information content (AvgIpc) is 3.10. The molecule has 1 aliphatic rings. The summed E-state index contributed by atoms with van der Waals surface area (Å²) in [6, 6.07) is 5.96. The molecule has 2 aromatic rings. The second kappa shape index (κ2) is 4.86. The molecule has 0 saturated carbocycles. The van der Waals surface area contributed by atoms with Crippen LogP contribution in [0.4, 0.5) is 0 Å². The van der Waals surface area contributed by atoms with Gasteiger partial charge in [-0.3, -0.25) is 9.78 Å². The first-order valence-electron chi connectivity index (χ1n) is 5.97. The van der Waals surface area contributed by atoms with Gasteiger partial charge in [0, 0.05) is 18.1 Å². The van der Waals surface area contributed by atoms with E-state index in [1.165, 1.54) is 11.5 Å². The van der Waals surface area contributed by atoms with Crippen molar-refractivity contribution < 1.29 is 4.79 Å². The van der Waals surface area contributed by atoms with Crippen LogP contribution in [-0.2, 0) is 0 Å². The highest BCUT2D eigenvalue weighted by Crippen LogP contribution is 2.31. The smallest absolute Gasteiger partial charge is 0.256 e. The van der Waals surface area contributed by atoms with Gasteiger partial charge in [0.05, 0.1) is 23.5 Å². The highest BCUT2D eigenvalue weighted by Gasteiger charge is 2.31. The van der Waals surface area contributed by atoms with Crippen molar-refractivity contribution in [3.63, 3.8) is 0 Å². The number of likely N-dealkylation sites (tertiary alicyclic amines) is 1. The first kappa shape index (κ1) is 11.3. The fraction of sp³-hybridized carbons (Fsp3) is 0.308. The number of carbonyl (C=O) groups is 1. The Morgan fingerprint density at radius 2 is 2.39 bits per heavy atom. The molecule has 4 nitrogen and oxygen atoms in total. The van der Waals surface area contributed by atoms with Crippen molar-refractivity contribution >= 4 is 17.4 Å². The molecule has 1 unspecified atom stereocenters. The third kappa shape index (κ3) is 2.01. The topological polar surface area (TPSA) is 46.1 Å². The van der Waals surface area contributed by atoms with E-state index in [1.807, 2.05) is 23.1 Å². The van der Waals surface area contributed by atoms with E-state index in [0.29, 0.717) is 5.56 Å². The molecule has 2 aromatic heterocycles. The van der Waals surface area contributed by atoms with Gasteiger partial charge in [-0.1, -0.05) is 6.07 Å². The van der Waals surface area contributed by atoms with Crippen LogP contribution in [0.15, 0.2) is 36.0 Å². The Bertz CT molecular complexity index is 526. The Hall–Kier alpha value is -1.75. The molecule has 1 saturated heterocycles. The van der Waals surface area contributed by atoms with E-state index in [9.17, 15) is 4.79 Å². The molecule has 92 valence electrons. The first-order valence-corrected chi connectivity index (χ1v) is 6.81. The molecule has 1 fully saturated rings. The van der Waals surface area contributed by atoms with E-state index in [2.05, 4.69) is 9.36 Å². The van der Waals surface area contributed by atoms with Crippen LogP contribution in [0.3, 0.4) is 0 Å². The monoisotopic (exact) mass is 259 g/mol. The highest BCUT2D eigenvalue weighted by atomic mass is 32.1. The maximum Gasteiger partial charge on any atom is 0.256 e. The Kier molecular flexibility index (Phi) is 3.06. The minimum absolute atomic E-state index is 0.0666. The molecule has 1 atom stereocenters. The summed E-state index contributed by atoms with van der Waals surface area (Å²) in [7, 11) is 0. The summed E-state index contributed by atoms with van der Waals surface area (Å²) in [6.45, 7) is 0.802. The lowest BCUT2D eigenvalue weighted by Gasteiger charge is -2.23. The van der Waals surface area contributed by atoms with Gasteiger partial charge >= 0.3 is 0 Å². The molecular formula is C13H13N3OS. The number of nitrogens with zero attached hydrogens (tertiary/aromatic N) is 3. The number of carbonyl (C=O) groups excluding carboxylic acids is 1. The summed E-state index contributed by atoms with van der Waals surface area (Å²) >= 11 is 1.31. The number of aromatic nitrogens is 2. The number of hydrogen-bond donors (Lipinski definition) is 0. The molecule has 0 radical (unpaired) electrons. The molecule has 3 rings (SSSR count). The van der Waals surface area contributed by atoms with E-state index in [1.54, 1.807) is 17.8 Å². The maximum atomic E-state index is 12.4. The predicted molar refractivity (Wildman–Crippen MR) is 69.4 cm³/mol. The lowest BCUT2D eigenvalue weighted by molar-refractivity contribution is 0.0733. The fourth-order valence-electron chi connectivity index (χ4n) is 2.37. The van der Waals surface area contributed by atoms with Gasteiger partial charge in [0.1, 0.15) is 0 Å². The second-order valence-corrected chi connectivity index (χ2v) is 4.98. The SMILES string of the molecule is O=C(c1cnsc1)N1CCCC1c1ccccn1. The van der Waals surface area contributed by atoms with E-state index in [4.69, 9.17) is 0 Å². The molecular weight excluding hydrogens is 246 g/mol. The lowest BCUT2D eigenvalue weighted by Crippen LogP contribution is -2.30. The van der Waals surface area contributed by atoms with Gasteiger partial charge in [-0.2, -0.15) is 0 Å². The van der Waals surface area contributed by atoms with Crippen LogP contribution in [0, 0.1) is 0 Å². The van der Waals surface area contributed by atoms with Crippen LogP contribution in [0.2, 0.25) is 0 Å². The fourth-order valence-corrected chi connectivity index (χ4v) is 2.88. The van der Waals surface area contributed by atoms with Gasteiger partial charge in [0.2, 0.25) is 0 Å². The van der Waals surface area contributed by atoms with E-state index in [0.717, 1.165) is 25.1 Å². The molecule has 0 N–H and O–H groups in total. The van der Waals surface area contributed by atoms with Crippen LogP contribution in [0.1, 0.15) is 34.9 Å². The van der Waals surface area contributed by atoms with Gasteiger partial charge < -0.3 is 4.90 Å². The molecule has 18 heavy (non-hydrogen) atoms. The second-order valence-electron chi connectivity index (χ2n) is 4.32. The first-order chi connectivity index (χ1) is 8.86. The zero-order valence-electron chi connectivity index (χ0n) is 9.82. The molecule has 3 heterocycles. The summed E-state index contributed by atoms with van der Waals surface area (Å²) in [6.07, 6.45) is 5.44. The Labute approximate surface area is 109 Å². The van der Waals surface area contributed by atoms with Crippen LogP contribution < -0.4 is 0 Å². The minimum atomic E-state index is 0.0666. The van der Waals surface area contributed by atoms with Crippen LogP contribution >= 0.6 is 11.5 Å². The summed E-state index contributed by atoms with van der Waals surface area (Å²) in [5.41, 5.74) is 1.66. The Balaban J connectivity index is 1.86. The van der Waals surface area contributed by atoms with Crippen molar-refractivity contribution in [1.82, 2.24) is 14.3 Å². The zero-order valence-corrected chi connectivity index (χ0v) is 10.6. The van der Waals surface area contributed by atoms with Gasteiger partial charge in [-0.05, 0) is 36.5 Å². The summed E-state index contributed by atoms with van der Waals surface area (Å²) in [5.74, 6) is 0.0666. The molecule has 0 aromatic carbocycles. The normalized spacial score (nSPS) is 19.1. The summed E-state index contributed by atoms with van der Waals surface area (Å²) in [4.78, 5) is 18.6.